The van der Waals surface area contributed by atoms with Crippen LogP contribution in [0, 0.1) is 0 Å². The van der Waals surface area contributed by atoms with Crippen molar-refractivity contribution >= 4 is 43.7 Å². The molecule has 0 aromatic heterocycles. The Kier molecular flexibility index (Phi) is 10.2. The number of carbonyl (C=O) groups excluding carboxylic acids is 2. The van der Waals surface area contributed by atoms with Gasteiger partial charge in [0.05, 0.1) is 0 Å². The molecule has 0 spiro atoms. The molecule has 34 heavy (non-hydrogen) atoms. The number of benzene rings is 3. The maximum Gasteiger partial charge on any atom is 0.261 e. The molecule has 2 amide bonds. The molecule has 7 heteroatoms. The van der Waals surface area contributed by atoms with Gasteiger partial charge < -0.3 is 15.0 Å². The maximum absolute atomic E-state index is 13.5. The second-order valence-corrected chi connectivity index (χ2v) is 9.72. The first-order valence-electron chi connectivity index (χ1n) is 11.2. The van der Waals surface area contributed by atoms with Crippen molar-refractivity contribution in [3.8, 4) is 5.75 Å². The Morgan fingerprint density at radius 1 is 0.882 bits per heavy atom. The van der Waals surface area contributed by atoms with Crippen molar-refractivity contribution in [3.05, 3.63) is 98.9 Å². The van der Waals surface area contributed by atoms with E-state index in [4.69, 9.17) is 4.74 Å². The first-order valence-corrected chi connectivity index (χ1v) is 12.8. The topological polar surface area (TPSA) is 58.6 Å². The predicted octanol–water partition coefficient (Wildman–Crippen LogP) is 5.76. The zero-order valence-corrected chi connectivity index (χ0v) is 22.2. The average Bonchev–Trinajstić information content (AvgIpc) is 2.86. The average molecular weight is 588 g/mol. The van der Waals surface area contributed by atoms with Gasteiger partial charge in [-0.15, -0.1) is 0 Å². The zero-order valence-electron chi connectivity index (χ0n) is 19.0. The van der Waals surface area contributed by atoms with Crippen molar-refractivity contribution in [2.24, 2.45) is 0 Å². The molecule has 3 aromatic rings. The van der Waals surface area contributed by atoms with Crippen LogP contribution in [0.2, 0.25) is 0 Å². The molecule has 0 heterocycles. The monoisotopic (exact) mass is 586 g/mol. The standard InChI is InChI=1S/C27H28Br2N2O3/c1-2-16-30-27(33)25(17-20-6-4-3-5-7-20)31(18-21-8-10-22(28)11-9-21)26(32)19-34-24-14-12-23(29)13-15-24/h3-15,25H,2,16-19H2,1H3,(H,30,33)/t25-/m0/s1. The first kappa shape index (κ1) is 26.0. The smallest absolute Gasteiger partial charge is 0.261 e. The summed E-state index contributed by atoms with van der Waals surface area (Å²) in [6.45, 7) is 2.69. The zero-order chi connectivity index (χ0) is 24.3. The fourth-order valence-corrected chi connectivity index (χ4v) is 3.99. The molecule has 0 unspecified atom stereocenters. The van der Waals surface area contributed by atoms with Crippen molar-refractivity contribution in [3.63, 3.8) is 0 Å². The van der Waals surface area contributed by atoms with E-state index in [9.17, 15) is 9.59 Å². The number of amides is 2. The van der Waals surface area contributed by atoms with E-state index in [2.05, 4.69) is 37.2 Å². The molecule has 0 saturated carbocycles. The Morgan fingerprint density at radius 3 is 2.12 bits per heavy atom. The molecule has 0 radical (unpaired) electrons. The highest BCUT2D eigenvalue weighted by Gasteiger charge is 2.30. The van der Waals surface area contributed by atoms with Crippen LogP contribution in [-0.2, 0) is 22.6 Å². The van der Waals surface area contributed by atoms with Gasteiger partial charge in [0, 0.05) is 28.5 Å². The van der Waals surface area contributed by atoms with Crippen LogP contribution in [0.5, 0.6) is 5.75 Å². The molecule has 0 fully saturated rings. The number of hydrogen-bond acceptors (Lipinski definition) is 3. The molecule has 1 N–H and O–H groups in total. The van der Waals surface area contributed by atoms with Gasteiger partial charge in [0.1, 0.15) is 11.8 Å². The molecule has 0 aliphatic carbocycles. The van der Waals surface area contributed by atoms with E-state index in [0.717, 1.165) is 26.5 Å². The molecule has 0 saturated heterocycles. The lowest BCUT2D eigenvalue weighted by molar-refractivity contribution is -0.142. The minimum Gasteiger partial charge on any atom is -0.484 e. The van der Waals surface area contributed by atoms with E-state index in [1.165, 1.54) is 0 Å². The minimum absolute atomic E-state index is 0.162. The normalized spacial score (nSPS) is 11.5. The van der Waals surface area contributed by atoms with Crippen molar-refractivity contribution in [1.82, 2.24) is 10.2 Å². The summed E-state index contributed by atoms with van der Waals surface area (Å²) in [5.74, 6) is 0.174. The van der Waals surface area contributed by atoms with Gasteiger partial charge >= 0.3 is 0 Å². The van der Waals surface area contributed by atoms with E-state index in [1.807, 2.05) is 73.7 Å². The summed E-state index contributed by atoms with van der Waals surface area (Å²) < 4.78 is 7.65. The van der Waals surface area contributed by atoms with Crippen LogP contribution in [0.25, 0.3) is 0 Å². The maximum atomic E-state index is 13.5. The molecule has 1 atom stereocenters. The van der Waals surface area contributed by atoms with Crippen molar-refractivity contribution < 1.29 is 14.3 Å². The highest BCUT2D eigenvalue weighted by molar-refractivity contribution is 9.10. The molecule has 0 aliphatic rings. The molecule has 0 aliphatic heterocycles. The Labute approximate surface area is 217 Å². The Balaban J connectivity index is 1.87. The third kappa shape index (κ3) is 7.99. The number of halogens is 2. The van der Waals surface area contributed by atoms with Gasteiger partial charge in [-0.3, -0.25) is 9.59 Å². The lowest BCUT2D eigenvalue weighted by Gasteiger charge is -2.31. The van der Waals surface area contributed by atoms with Crippen molar-refractivity contribution in [1.29, 1.82) is 0 Å². The van der Waals surface area contributed by atoms with E-state index >= 15 is 0 Å². The minimum atomic E-state index is -0.668. The summed E-state index contributed by atoms with van der Waals surface area (Å²) in [6, 6.07) is 24.2. The molecule has 3 aromatic carbocycles. The lowest BCUT2D eigenvalue weighted by Crippen LogP contribution is -2.51. The fourth-order valence-electron chi connectivity index (χ4n) is 3.47. The number of ether oxygens (including phenoxy) is 1. The second kappa shape index (κ2) is 13.3. The summed E-state index contributed by atoms with van der Waals surface area (Å²) >= 11 is 6.85. The van der Waals surface area contributed by atoms with Crippen LogP contribution < -0.4 is 10.1 Å². The van der Waals surface area contributed by atoms with Crippen molar-refractivity contribution in [2.75, 3.05) is 13.2 Å². The van der Waals surface area contributed by atoms with Gasteiger partial charge in [-0.25, -0.2) is 0 Å². The quantitative estimate of drug-likeness (QED) is 0.310. The fraction of sp³-hybridized carbons (Fsp3) is 0.259. The number of nitrogens with one attached hydrogen (secondary N) is 1. The first-order chi connectivity index (χ1) is 16.5. The Morgan fingerprint density at radius 2 is 1.50 bits per heavy atom. The summed E-state index contributed by atoms with van der Waals surface area (Å²) in [6.07, 6.45) is 1.23. The largest absolute Gasteiger partial charge is 0.484 e. The summed E-state index contributed by atoms with van der Waals surface area (Å²) in [7, 11) is 0. The summed E-state index contributed by atoms with van der Waals surface area (Å²) in [5, 5.41) is 2.98. The van der Waals surface area contributed by atoms with Crippen LogP contribution in [0.3, 0.4) is 0 Å². The van der Waals surface area contributed by atoms with E-state index in [1.54, 1.807) is 17.0 Å². The highest BCUT2D eigenvalue weighted by Crippen LogP contribution is 2.19. The van der Waals surface area contributed by atoms with Crippen LogP contribution in [0.15, 0.2) is 87.8 Å². The van der Waals surface area contributed by atoms with Gasteiger partial charge in [-0.2, -0.15) is 0 Å². The lowest BCUT2D eigenvalue weighted by atomic mass is 10.0. The van der Waals surface area contributed by atoms with Gasteiger partial charge in [0.15, 0.2) is 6.61 Å². The molecule has 3 rings (SSSR count). The molecular formula is C27H28Br2N2O3. The SMILES string of the molecule is CCCNC(=O)[C@H](Cc1ccccc1)N(Cc1ccc(Br)cc1)C(=O)COc1ccc(Br)cc1. The molecule has 5 nitrogen and oxygen atoms in total. The van der Waals surface area contributed by atoms with E-state index in [-0.39, 0.29) is 18.4 Å². The molecule has 178 valence electrons. The number of nitrogens with zero attached hydrogens (tertiary/aromatic N) is 1. The van der Waals surface area contributed by atoms with Crippen LogP contribution in [0.1, 0.15) is 24.5 Å². The summed E-state index contributed by atoms with van der Waals surface area (Å²) in [4.78, 5) is 28.3. The number of rotatable bonds is 11. The Bertz CT molecular complexity index is 1060. The van der Waals surface area contributed by atoms with Crippen LogP contribution in [0.4, 0.5) is 0 Å². The number of hydrogen-bond donors (Lipinski definition) is 1. The molecular weight excluding hydrogens is 560 g/mol. The van der Waals surface area contributed by atoms with Gasteiger partial charge in [-0.1, -0.05) is 81.2 Å². The van der Waals surface area contributed by atoms with Gasteiger partial charge in [0.2, 0.25) is 5.91 Å². The summed E-state index contributed by atoms with van der Waals surface area (Å²) in [5.41, 5.74) is 1.92. The number of carbonyl (C=O) groups is 2. The van der Waals surface area contributed by atoms with Gasteiger partial charge in [0.25, 0.3) is 5.91 Å². The third-order valence-corrected chi connectivity index (χ3v) is 6.32. The predicted molar refractivity (Wildman–Crippen MR) is 142 cm³/mol. The van der Waals surface area contributed by atoms with Crippen molar-refractivity contribution in [2.45, 2.75) is 32.4 Å². The molecule has 0 bridgehead atoms. The third-order valence-electron chi connectivity index (χ3n) is 5.26. The van der Waals surface area contributed by atoms with E-state index in [0.29, 0.717) is 25.3 Å². The highest BCUT2D eigenvalue weighted by atomic mass is 79.9. The second-order valence-electron chi connectivity index (χ2n) is 7.89. The van der Waals surface area contributed by atoms with Crippen LogP contribution >= 0.6 is 31.9 Å². The van der Waals surface area contributed by atoms with E-state index < -0.39 is 6.04 Å². The van der Waals surface area contributed by atoms with Crippen LogP contribution in [-0.4, -0.2) is 35.9 Å². The van der Waals surface area contributed by atoms with Gasteiger partial charge in [-0.05, 0) is 53.9 Å². The Hall–Kier alpha value is -2.64.